The minimum Gasteiger partial charge on any atom is -0.476 e. The standard InChI is InChI=1S/C8H4F3N3O2/c9-8(10,11)5-1-2-12-7-13-4(6(15)16)3-14(5)7/h1-3H,(H,15,16). The van der Waals surface area contributed by atoms with Gasteiger partial charge in [0.25, 0.3) is 0 Å². The maximum atomic E-state index is 12.5. The van der Waals surface area contributed by atoms with Crippen molar-refractivity contribution in [2.75, 3.05) is 0 Å². The maximum Gasteiger partial charge on any atom is 0.431 e. The Balaban J connectivity index is 2.73. The van der Waals surface area contributed by atoms with E-state index in [9.17, 15) is 18.0 Å². The molecule has 84 valence electrons. The monoisotopic (exact) mass is 231 g/mol. The second-order valence-corrected chi connectivity index (χ2v) is 2.93. The van der Waals surface area contributed by atoms with Crippen LogP contribution in [0.3, 0.4) is 0 Å². The molecule has 0 saturated carbocycles. The smallest absolute Gasteiger partial charge is 0.431 e. The highest BCUT2D eigenvalue weighted by Crippen LogP contribution is 2.29. The van der Waals surface area contributed by atoms with Gasteiger partial charge in [0.1, 0.15) is 5.69 Å². The second-order valence-electron chi connectivity index (χ2n) is 2.93. The summed E-state index contributed by atoms with van der Waals surface area (Å²) in [5, 5.41) is 8.59. The summed E-state index contributed by atoms with van der Waals surface area (Å²) in [5.74, 6) is -1.70. The lowest BCUT2D eigenvalue weighted by Crippen LogP contribution is -2.11. The van der Waals surface area contributed by atoms with Crippen LogP contribution in [0.15, 0.2) is 18.5 Å². The molecule has 5 nitrogen and oxygen atoms in total. The number of hydrogen-bond acceptors (Lipinski definition) is 3. The summed E-state index contributed by atoms with van der Waals surface area (Å²) in [6.07, 6.45) is -2.87. The molecule has 0 saturated heterocycles. The molecule has 0 aliphatic heterocycles. The van der Waals surface area contributed by atoms with Crippen molar-refractivity contribution >= 4 is 11.7 Å². The first kappa shape index (κ1) is 10.4. The second kappa shape index (κ2) is 3.19. The van der Waals surface area contributed by atoms with E-state index < -0.39 is 23.5 Å². The van der Waals surface area contributed by atoms with Gasteiger partial charge in [-0.15, -0.1) is 0 Å². The number of hydrogen-bond donors (Lipinski definition) is 1. The highest BCUT2D eigenvalue weighted by Gasteiger charge is 2.34. The van der Waals surface area contributed by atoms with Crippen molar-refractivity contribution in [2.24, 2.45) is 0 Å². The van der Waals surface area contributed by atoms with Gasteiger partial charge < -0.3 is 5.11 Å². The van der Waals surface area contributed by atoms with Gasteiger partial charge in [0, 0.05) is 12.4 Å². The number of imidazole rings is 1. The number of alkyl halides is 3. The first-order valence-electron chi connectivity index (χ1n) is 4.04. The minimum atomic E-state index is -4.59. The van der Waals surface area contributed by atoms with E-state index in [-0.39, 0.29) is 5.78 Å². The van der Waals surface area contributed by atoms with Crippen LogP contribution < -0.4 is 0 Å². The lowest BCUT2D eigenvalue weighted by Gasteiger charge is -2.07. The molecule has 2 aromatic heterocycles. The van der Waals surface area contributed by atoms with Gasteiger partial charge in [-0.05, 0) is 6.07 Å². The lowest BCUT2D eigenvalue weighted by atomic mass is 10.4. The molecule has 0 amide bonds. The van der Waals surface area contributed by atoms with Gasteiger partial charge in [0.2, 0.25) is 5.78 Å². The van der Waals surface area contributed by atoms with Crippen molar-refractivity contribution in [3.63, 3.8) is 0 Å². The zero-order chi connectivity index (χ0) is 11.9. The van der Waals surface area contributed by atoms with Crippen LogP contribution in [0.4, 0.5) is 13.2 Å². The Bertz CT molecular complexity index is 561. The summed E-state index contributed by atoms with van der Waals surface area (Å²) in [7, 11) is 0. The largest absolute Gasteiger partial charge is 0.476 e. The van der Waals surface area contributed by atoms with E-state index in [4.69, 9.17) is 5.11 Å². The van der Waals surface area contributed by atoms with Crippen molar-refractivity contribution in [2.45, 2.75) is 6.18 Å². The number of aromatic nitrogens is 3. The summed E-state index contributed by atoms with van der Waals surface area (Å²) < 4.78 is 38.1. The van der Waals surface area contributed by atoms with E-state index in [1.165, 1.54) is 0 Å². The molecule has 16 heavy (non-hydrogen) atoms. The van der Waals surface area contributed by atoms with E-state index in [1.807, 2.05) is 0 Å². The number of halogens is 3. The molecule has 0 fully saturated rings. The van der Waals surface area contributed by atoms with Gasteiger partial charge in [0.15, 0.2) is 5.69 Å². The van der Waals surface area contributed by atoms with Crippen molar-refractivity contribution < 1.29 is 23.1 Å². The number of fused-ring (bicyclic) bond motifs is 1. The van der Waals surface area contributed by atoms with Gasteiger partial charge in [-0.25, -0.2) is 14.8 Å². The molecule has 2 heterocycles. The van der Waals surface area contributed by atoms with Crippen LogP contribution >= 0.6 is 0 Å². The Hall–Kier alpha value is -2.12. The maximum absolute atomic E-state index is 12.5. The predicted molar refractivity (Wildman–Crippen MR) is 44.9 cm³/mol. The predicted octanol–water partition coefficient (Wildman–Crippen LogP) is 1.45. The molecule has 0 aromatic carbocycles. The third-order valence-electron chi connectivity index (χ3n) is 1.88. The van der Waals surface area contributed by atoms with Gasteiger partial charge in [0.05, 0.1) is 0 Å². The number of nitrogens with zero attached hydrogens (tertiary/aromatic N) is 3. The summed E-state index contributed by atoms with van der Waals surface area (Å²) in [4.78, 5) is 17.5. The number of carboxylic acid groups (broad SMARTS) is 1. The van der Waals surface area contributed by atoms with Crippen LogP contribution in [0.1, 0.15) is 16.2 Å². The average Bonchev–Trinajstić information content (AvgIpc) is 2.58. The lowest BCUT2D eigenvalue weighted by molar-refractivity contribution is -0.142. The Morgan fingerprint density at radius 1 is 1.44 bits per heavy atom. The molecule has 0 bridgehead atoms. The Morgan fingerprint density at radius 3 is 2.69 bits per heavy atom. The number of carbonyl (C=O) groups is 1. The van der Waals surface area contributed by atoms with E-state index in [1.54, 1.807) is 0 Å². The van der Waals surface area contributed by atoms with Crippen molar-refractivity contribution in [1.29, 1.82) is 0 Å². The number of rotatable bonds is 1. The molecule has 8 heteroatoms. The van der Waals surface area contributed by atoms with Gasteiger partial charge in [-0.1, -0.05) is 0 Å². The Labute approximate surface area is 86.2 Å². The molecule has 2 aromatic rings. The molecule has 2 rings (SSSR count). The number of carboxylic acids is 1. The summed E-state index contributed by atoms with van der Waals surface area (Å²) in [6, 6.07) is 0.750. The fourth-order valence-electron chi connectivity index (χ4n) is 1.23. The van der Waals surface area contributed by atoms with Gasteiger partial charge in [-0.2, -0.15) is 13.2 Å². The molecule has 0 aliphatic carbocycles. The first-order chi connectivity index (χ1) is 7.39. The third kappa shape index (κ3) is 1.58. The van der Waals surface area contributed by atoms with E-state index in [0.717, 1.165) is 18.5 Å². The fourth-order valence-corrected chi connectivity index (χ4v) is 1.23. The molecular weight excluding hydrogens is 227 g/mol. The zero-order valence-electron chi connectivity index (χ0n) is 7.56. The fraction of sp³-hybridized carbons (Fsp3) is 0.125. The molecule has 0 spiro atoms. The van der Waals surface area contributed by atoms with Crippen molar-refractivity contribution in [3.8, 4) is 0 Å². The summed E-state index contributed by atoms with van der Waals surface area (Å²) in [6.45, 7) is 0. The topological polar surface area (TPSA) is 67.5 Å². The van der Waals surface area contributed by atoms with Crippen LogP contribution in [-0.4, -0.2) is 25.4 Å². The summed E-state index contributed by atoms with van der Waals surface area (Å²) >= 11 is 0. The van der Waals surface area contributed by atoms with Crippen LogP contribution in [-0.2, 0) is 6.18 Å². The average molecular weight is 231 g/mol. The van der Waals surface area contributed by atoms with Crippen LogP contribution in [0.2, 0.25) is 0 Å². The van der Waals surface area contributed by atoms with Crippen LogP contribution in [0.5, 0.6) is 0 Å². The van der Waals surface area contributed by atoms with Crippen LogP contribution in [0, 0.1) is 0 Å². The van der Waals surface area contributed by atoms with Gasteiger partial charge in [-0.3, -0.25) is 4.40 Å². The SMILES string of the molecule is O=C(O)c1cn2c(C(F)(F)F)ccnc2n1. The molecule has 1 N–H and O–H groups in total. The van der Waals surface area contributed by atoms with E-state index in [2.05, 4.69) is 9.97 Å². The molecule has 0 unspecified atom stereocenters. The highest BCUT2D eigenvalue weighted by atomic mass is 19.4. The van der Waals surface area contributed by atoms with Crippen molar-refractivity contribution in [3.05, 3.63) is 29.8 Å². The third-order valence-corrected chi connectivity index (χ3v) is 1.88. The Kier molecular flexibility index (Phi) is 2.07. The Morgan fingerprint density at radius 2 is 2.12 bits per heavy atom. The summed E-state index contributed by atoms with van der Waals surface area (Å²) in [5.41, 5.74) is -1.50. The quantitative estimate of drug-likeness (QED) is 0.806. The molecule has 0 aliphatic rings. The zero-order valence-corrected chi connectivity index (χ0v) is 7.56. The molecular formula is C8H4F3N3O2. The van der Waals surface area contributed by atoms with E-state index >= 15 is 0 Å². The highest BCUT2D eigenvalue weighted by molar-refractivity contribution is 5.85. The first-order valence-corrected chi connectivity index (χ1v) is 4.04. The van der Waals surface area contributed by atoms with Crippen molar-refractivity contribution in [1.82, 2.24) is 14.4 Å². The minimum absolute atomic E-state index is 0.299. The number of aromatic carboxylic acids is 1. The normalized spacial score (nSPS) is 11.9. The van der Waals surface area contributed by atoms with Gasteiger partial charge >= 0.3 is 12.1 Å². The molecule has 0 radical (unpaired) electrons. The van der Waals surface area contributed by atoms with E-state index in [0.29, 0.717) is 4.40 Å². The van der Waals surface area contributed by atoms with Crippen LogP contribution in [0.25, 0.3) is 5.78 Å². The molecule has 0 atom stereocenters.